The molecule has 0 aromatic carbocycles. The van der Waals surface area contributed by atoms with Gasteiger partial charge in [-0.15, -0.1) is 0 Å². The van der Waals surface area contributed by atoms with Crippen LogP contribution in [0.1, 0.15) is 51.8 Å². The van der Waals surface area contributed by atoms with Gasteiger partial charge in [-0.2, -0.15) is 0 Å². The number of hydrogen-bond acceptors (Lipinski definition) is 3. The van der Waals surface area contributed by atoms with E-state index in [-0.39, 0.29) is 5.56 Å². The van der Waals surface area contributed by atoms with E-state index in [2.05, 4.69) is 22.2 Å². The quantitative estimate of drug-likeness (QED) is 0.862. The average molecular weight is 249 g/mol. The fraction of sp³-hybridized carbons (Fsp3) is 0.714. The Balaban J connectivity index is 2.03. The third-order valence-electron chi connectivity index (χ3n) is 3.86. The molecule has 0 amide bonds. The summed E-state index contributed by atoms with van der Waals surface area (Å²) in [6.45, 7) is 4.19. The number of aromatic amines is 1. The molecule has 0 saturated heterocycles. The number of H-pyrrole nitrogens is 1. The summed E-state index contributed by atoms with van der Waals surface area (Å²) in [5.74, 6) is 2.18. The molecule has 1 saturated carbocycles. The second-order valence-electron chi connectivity index (χ2n) is 5.26. The van der Waals surface area contributed by atoms with E-state index in [1.807, 2.05) is 6.92 Å². The van der Waals surface area contributed by atoms with Crippen LogP contribution >= 0.6 is 0 Å². The van der Waals surface area contributed by atoms with Gasteiger partial charge in [0.15, 0.2) is 0 Å². The molecule has 100 valence electrons. The third kappa shape index (κ3) is 3.34. The van der Waals surface area contributed by atoms with E-state index in [0.717, 1.165) is 12.2 Å². The van der Waals surface area contributed by atoms with E-state index in [9.17, 15) is 4.79 Å². The molecule has 2 N–H and O–H groups in total. The van der Waals surface area contributed by atoms with Crippen LogP contribution in [0.2, 0.25) is 0 Å². The summed E-state index contributed by atoms with van der Waals surface area (Å²) in [5.41, 5.74) is -0.0693. The number of anilines is 1. The van der Waals surface area contributed by atoms with Crippen molar-refractivity contribution in [3.63, 3.8) is 0 Å². The van der Waals surface area contributed by atoms with Crippen molar-refractivity contribution in [2.45, 2.75) is 58.4 Å². The van der Waals surface area contributed by atoms with Crippen molar-refractivity contribution in [2.75, 3.05) is 5.32 Å². The lowest BCUT2D eigenvalue weighted by atomic mass is 9.84. The first kappa shape index (κ1) is 13.1. The van der Waals surface area contributed by atoms with Gasteiger partial charge in [0, 0.05) is 18.5 Å². The van der Waals surface area contributed by atoms with Crippen molar-refractivity contribution in [2.24, 2.45) is 5.92 Å². The Bertz CT molecular complexity index is 435. The van der Waals surface area contributed by atoms with Crippen molar-refractivity contribution in [1.29, 1.82) is 0 Å². The lowest BCUT2D eigenvalue weighted by molar-refractivity contribution is 0.328. The van der Waals surface area contributed by atoms with Gasteiger partial charge in [-0.1, -0.05) is 26.2 Å². The summed E-state index contributed by atoms with van der Waals surface area (Å²) in [4.78, 5) is 18.7. The molecule has 4 heteroatoms. The predicted octanol–water partition coefficient (Wildman–Crippen LogP) is 2.71. The van der Waals surface area contributed by atoms with Gasteiger partial charge in [0.1, 0.15) is 11.6 Å². The Morgan fingerprint density at radius 2 is 2.17 bits per heavy atom. The lowest BCUT2D eigenvalue weighted by Crippen LogP contribution is -2.29. The molecule has 0 radical (unpaired) electrons. The van der Waals surface area contributed by atoms with Crippen LogP contribution in [-0.4, -0.2) is 16.0 Å². The minimum absolute atomic E-state index is 0.0693. The number of aromatic nitrogens is 2. The first-order chi connectivity index (χ1) is 8.69. The maximum atomic E-state index is 11.5. The topological polar surface area (TPSA) is 57.8 Å². The van der Waals surface area contributed by atoms with E-state index in [0.29, 0.717) is 17.8 Å². The zero-order valence-corrected chi connectivity index (χ0v) is 11.3. The van der Waals surface area contributed by atoms with Crippen molar-refractivity contribution < 1.29 is 0 Å². The van der Waals surface area contributed by atoms with Gasteiger partial charge in [0.25, 0.3) is 5.56 Å². The summed E-state index contributed by atoms with van der Waals surface area (Å²) < 4.78 is 0. The molecular formula is C14H23N3O. The van der Waals surface area contributed by atoms with Gasteiger partial charge in [0.05, 0.1) is 0 Å². The highest BCUT2D eigenvalue weighted by Crippen LogP contribution is 2.27. The Kier molecular flexibility index (Phi) is 4.39. The summed E-state index contributed by atoms with van der Waals surface area (Å²) in [5, 5.41) is 3.40. The normalized spacial score (nSPS) is 18.6. The highest BCUT2D eigenvalue weighted by molar-refractivity contribution is 5.34. The van der Waals surface area contributed by atoms with Gasteiger partial charge in [-0.05, 0) is 25.7 Å². The molecule has 4 nitrogen and oxygen atoms in total. The molecule has 0 bridgehead atoms. The maximum absolute atomic E-state index is 11.5. The number of nitrogens with zero attached hydrogens (tertiary/aromatic N) is 1. The van der Waals surface area contributed by atoms with E-state index >= 15 is 0 Å². The zero-order chi connectivity index (χ0) is 13.0. The van der Waals surface area contributed by atoms with Gasteiger partial charge >= 0.3 is 0 Å². The number of aryl methyl sites for hydroxylation is 1. The summed E-state index contributed by atoms with van der Waals surface area (Å²) in [6, 6.07) is 1.95. The maximum Gasteiger partial charge on any atom is 0.252 e. The second-order valence-corrected chi connectivity index (χ2v) is 5.26. The molecule has 1 aliphatic carbocycles. The third-order valence-corrected chi connectivity index (χ3v) is 3.86. The first-order valence-electron chi connectivity index (χ1n) is 7.06. The van der Waals surface area contributed by atoms with Gasteiger partial charge in [-0.25, -0.2) is 4.98 Å². The predicted molar refractivity (Wildman–Crippen MR) is 73.9 cm³/mol. The van der Waals surface area contributed by atoms with E-state index in [4.69, 9.17) is 0 Å². The van der Waals surface area contributed by atoms with Crippen molar-refractivity contribution >= 4 is 5.82 Å². The molecular weight excluding hydrogens is 226 g/mol. The smallest absolute Gasteiger partial charge is 0.252 e. The van der Waals surface area contributed by atoms with Crippen molar-refractivity contribution in [3.8, 4) is 0 Å². The number of nitrogens with one attached hydrogen (secondary N) is 2. The van der Waals surface area contributed by atoms with Crippen molar-refractivity contribution in [1.82, 2.24) is 9.97 Å². The van der Waals surface area contributed by atoms with Gasteiger partial charge in [0.2, 0.25) is 0 Å². The highest BCUT2D eigenvalue weighted by atomic mass is 16.1. The van der Waals surface area contributed by atoms with Gasteiger partial charge < -0.3 is 10.3 Å². The molecule has 0 aliphatic heterocycles. The zero-order valence-electron chi connectivity index (χ0n) is 11.3. The van der Waals surface area contributed by atoms with Crippen molar-refractivity contribution in [3.05, 3.63) is 22.2 Å². The highest BCUT2D eigenvalue weighted by Gasteiger charge is 2.20. The molecule has 1 aliphatic rings. The summed E-state index contributed by atoms with van der Waals surface area (Å²) >= 11 is 0. The second kappa shape index (κ2) is 6.03. The molecule has 1 fully saturated rings. The molecule has 0 spiro atoms. The lowest BCUT2D eigenvalue weighted by Gasteiger charge is -2.28. The van der Waals surface area contributed by atoms with Crippen LogP contribution in [0, 0.1) is 5.92 Å². The Labute approximate surface area is 108 Å². The van der Waals surface area contributed by atoms with E-state index < -0.39 is 0 Å². The standard InChI is InChI=1S/C14H23N3O/c1-3-12-16-13(9-14(18)17-12)15-10(2)11-7-5-4-6-8-11/h9-11H,3-8H2,1-2H3,(H2,15,16,17,18). The molecule has 1 aromatic rings. The summed E-state index contributed by atoms with van der Waals surface area (Å²) in [6.07, 6.45) is 7.37. The Morgan fingerprint density at radius 1 is 1.44 bits per heavy atom. The van der Waals surface area contributed by atoms with Crippen LogP contribution in [0.5, 0.6) is 0 Å². The average Bonchev–Trinajstić information content (AvgIpc) is 2.39. The van der Waals surface area contributed by atoms with Crippen LogP contribution in [0.25, 0.3) is 0 Å². The fourth-order valence-corrected chi connectivity index (χ4v) is 2.73. The molecule has 1 atom stereocenters. The first-order valence-corrected chi connectivity index (χ1v) is 7.06. The van der Waals surface area contributed by atoms with Crippen LogP contribution < -0.4 is 10.9 Å². The SMILES string of the molecule is CCc1nc(NC(C)C2CCCCC2)cc(=O)[nH]1. The van der Waals surface area contributed by atoms with E-state index in [1.165, 1.54) is 32.1 Å². The Morgan fingerprint density at radius 3 is 2.83 bits per heavy atom. The number of hydrogen-bond donors (Lipinski definition) is 2. The van der Waals surface area contributed by atoms with E-state index in [1.54, 1.807) is 6.07 Å². The molecule has 1 heterocycles. The molecule has 2 rings (SSSR count). The largest absolute Gasteiger partial charge is 0.367 e. The van der Waals surface area contributed by atoms with Crippen LogP contribution in [0.4, 0.5) is 5.82 Å². The molecule has 1 unspecified atom stereocenters. The van der Waals surface area contributed by atoms with Crippen LogP contribution in [0.15, 0.2) is 10.9 Å². The monoisotopic (exact) mass is 249 g/mol. The summed E-state index contributed by atoms with van der Waals surface area (Å²) in [7, 11) is 0. The van der Waals surface area contributed by atoms with Crippen LogP contribution in [-0.2, 0) is 6.42 Å². The molecule has 1 aromatic heterocycles. The minimum Gasteiger partial charge on any atom is -0.367 e. The fourth-order valence-electron chi connectivity index (χ4n) is 2.73. The number of rotatable bonds is 4. The minimum atomic E-state index is -0.0693. The Hall–Kier alpha value is -1.32. The molecule has 18 heavy (non-hydrogen) atoms. The van der Waals surface area contributed by atoms with Crippen LogP contribution in [0.3, 0.4) is 0 Å². The van der Waals surface area contributed by atoms with Gasteiger partial charge in [-0.3, -0.25) is 4.79 Å².